The van der Waals surface area contributed by atoms with E-state index in [1.165, 1.54) is 0 Å². The van der Waals surface area contributed by atoms with Crippen molar-refractivity contribution in [2.24, 2.45) is 4.99 Å². The third-order valence-electron chi connectivity index (χ3n) is 3.89. The number of aromatic nitrogens is 3. The van der Waals surface area contributed by atoms with Crippen molar-refractivity contribution in [2.75, 3.05) is 26.7 Å². The number of rotatable bonds is 9. The Morgan fingerprint density at radius 2 is 2.07 bits per heavy atom. The molecule has 0 saturated heterocycles. The van der Waals surface area contributed by atoms with Crippen LogP contribution in [-0.2, 0) is 13.0 Å². The lowest BCUT2D eigenvalue weighted by molar-refractivity contribution is 0.309. The highest BCUT2D eigenvalue weighted by Gasteiger charge is 2.03. The van der Waals surface area contributed by atoms with Gasteiger partial charge in [0.05, 0.1) is 6.61 Å². The van der Waals surface area contributed by atoms with E-state index in [1.54, 1.807) is 13.4 Å². The minimum Gasteiger partial charge on any atom is -0.493 e. The van der Waals surface area contributed by atoms with Crippen LogP contribution in [0.25, 0.3) is 0 Å². The third kappa shape index (κ3) is 7.92. The van der Waals surface area contributed by atoms with Crippen LogP contribution in [0.2, 0.25) is 5.02 Å². The van der Waals surface area contributed by atoms with Crippen molar-refractivity contribution in [1.82, 2.24) is 25.4 Å². The summed E-state index contributed by atoms with van der Waals surface area (Å²) in [7, 11) is 1.76. The summed E-state index contributed by atoms with van der Waals surface area (Å²) in [5.41, 5.74) is 1.04. The molecule has 0 aliphatic rings. The van der Waals surface area contributed by atoms with Crippen LogP contribution in [0.1, 0.15) is 24.7 Å². The Morgan fingerprint density at radius 3 is 2.78 bits per heavy atom. The molecule has 0 amide bonds. The summed E-state index contributed by atoms with van der Waals surface area (Å²) >= 11 is 5.95. The molecule has 0 aliphatic heterocycles. The quantitative estimate of drug-likeness (QED) is 0.237. The molecule has 1 aromatic carbocycles. The van der Waals surface area contributed by atoms with E-state index >= 15 is 0 Å². The van der Waals surface area contributed by atoms with Gasteiger partial charge in [-0.15, -0.1) is 34.2 Å². The predicted octanol–water partition coefficient (Wildman–Crippen LogP) is 3.05. The molecule has 0 spiro atoms. The summed E-state index contributed by atoms with van der Waals surface area (Å²) in [6, 6.07) is 5.65. The molecular weight excluding hydrogens is 479 g/mol. The van der Waals surface area contributed by atoms with Gasteiger partial charge >= 0.3 is 0 Å². The molecule has 7 nitrogen and oxygen atoms in total. The summed E-state index contributed by atoms with van der Waals surface area (Å²) in [6.45, 7) is 7.03. The molecule has 150 valence electrons. The van der Waals surface area contributed by atoms with E-state index in [9.17, 15) is 0 Å². The first-order valence-corrected chi connectivity index (χ1v) is 9.22. The average molecular weight is 507 g/mol. The molecule has 0 unspecified atom stereocenters. The van der Waals surface area contributed by atoms with Gasteiger partial charge in [0.15, 0.2) is 5.96 Å². The van der Waals surface area contributed by atoms with Gasteiger partial charge in [0.2, 0.25) is 0 Å². The van der Waals surface area contributed by atoms with E-state index in [-0.39, 0.29) is 24.0 Å². The number of nitrogens with one attached hydrogen (secondary N) is 2. The van der Waals surface area contributed by atoms with Gasteiger partial charge < -0.3 is 19.9 Å². The van der Waals surface area contributed by atoms with Crippen LogP contribution in [0.3, 0.4) is 0 Å². The maximum atomic E-state index is 5.95. The van der Waals surface area contributed by atoms with Crippen molar-refractivity contribution in [3.05, 3.63) is 40.9 Å². The second-order valence-electron chi connectivity index (χ2n) is 5.83. The first kappa shape index (κ1) is 23.5. The molecule has 0 saturated carbocycles. The highest BCUT2D eigenvalue weighted by Crippen LogP contribution is 2.21. The maximum absolute atomic E-state index is 5.95. The van der Waals surface area contributed by atoms with Gasteiger partial charge in [-0.1, -0.05) is 18.5 Å². The van der Waals surface area contributed by atoms with Crippen molar-refractivity contribution in [3.8, 4) is 5.75 Å². The maximum Gasteiger partial charge on any atom is 0.191 e. The number of guanidine groups is 1. The summed E-state index contributed by atoms with van der Waals surface area (Å²) < 4.78 is 7.83. The number of halogens is 2. The Labute approximate surface area is 183 Å². The molecule has 1 heterocycles. The van der Waals surface area contributed by atoms with Crippen LogP contribution in [-0.4, -0.2) is 47.5 Å². The second kappa shape index (κ2) is 12.8. The monoisotopic (exact) mass is 506 g/mol. The number of benzene rings is 1. The Kier molecular flexibility index (Phi) is 11.1. The van der Waals surface area contributed by atoms with E-state index < -0.39 is 0 Å². The number of aryl methyl sites for hydroxylation is 2. The number of ether oxygens (including phenoxy) is 1. The molecule has 2 N–H and O–H groups in total. The number of aliphatic imine (C=N–C) groups is 1. The van der Waals surface area contributed by atoms with Crippen molar-refractivity contribution >= 4 is 41.5 Å². The molecule has 2 rings (SSSR count). The molecule has 0 atom stereocenters. The fourth-order valence-corrected chi connectivity index (χ4v) is 2.72. The zero-order valence-corrected chi connectivity index (χ0v) is 19.1. The molecule has 0 bridgehead atoms. The van der Waals surface area contributed by atoms with Crippen LogP contribution >= 0.6 is 35.6 Å². The van der Waals surface area contributed by atoms with Gasteiger partial charge in [0.1, 0.15) is 17.9 Å². The fourth-order valence-electron chi connectivity index (χ4n) is 2.49. The van der Waals surface area contributed by atoms with E-state index in [2.05, 4.69) is 32.7 Å². The summed E-state index contributed by atoms with van der Waals surface area (Å²) in [4.78, 5) is 4.23. The van der Waals surface area contributed by atoms with Crippen LogP contribution in [0.15, 0.2) is 29.5 Å². The first-order chi connectivity index (χ1) is 12.6. The van der Waals surface area contributed by atoms with E-state index in [1.807, 2.05) is 29.7 Å². The lowest BCUT2D eigenvalue weighted by atomic mass is 10.2. The van der Waals surface area contributed by atoms with Crippen LogP contribution in [0.4, 0.5) is 0 Å². The van der Waals surface area contributed by atoms with Gasteiger partial charge in [0.25, 0.3) is 0 Å². The molecule has 0 aliphatic carbocycles. The molecule has 0 fully saturated rings. The lowest BCUT2D eigenvalue weighted by Crippen LogP contribution is -2.39. The Hall–Kier alpha value is -1.55. The van der Waals surface area contributed by atoms with Gasteiger partial charge in [-0.25, -0.2) is 0 Å². The van der Waals surface area contributed by atoms with E-state index in [0.717, 1.165) is 60.6 Å². The topological polar surface area (TPSA) is 76.4 Å². The van der Waals surface area contributed by atoms with Crippen molar-refractivity contribution in [3.63, 3.8) is 0 Å². The standard InChI is InChI=1S/C18H27ClN6O.HI/c1-4-17-24-23-13-25(17)10-9-22-18(20-3)21-8-5-11-26-16-7-6-15(19)12-14(16)2;/h6-7,12-13H,4-5,8-11H2,1-3H3,(H2,20,21,22);1H. The van der Waals surface area contributed by atoms with Gasteiger partial charge in [-0.2, -0.15) is 0 Å². The highest BCUT2D eigenvalue weighted by atomic mass is 127. The summed E-state index contributed by atoms with van der Waals surface area (Å²) in [5, 5.41) is 15.3. The Balaban J connectivity index is 0.00000364. The molecule has 27 heavy (non-hydrogen) atoms. The van der Waals surface area contributed by atoms with E-state index in [4.69, 9.17) is 16.3 Å². The number of nitrogens with zero attached hydrogens (tertiary/aromatic N) is 4. The predicted molar refractivity (Wildman–Crippen MR) is 120 cm³/mol. The fraction of sp³-hybridized carbons (Fsp3) is 0.500. The summed E-state index contributed by atoms with van der Waals surface area (Å²) in [5.74, 6) is 2.64. The van der Waals surface area contributed by atoms with Crippen LogP contribution < -0.4 is 15.4 Å². The molecule has 9 heteroatoms. The van der Waals surface area contributed by atoms with Crippen molar-refractivity contribution < 1.29 is 4.74 Å². The third-order valence-corrected chi connectivity index (χ3v) is 4.12. The minimum absolute atomic E-state index is 0. The first-order valence-electron chi connectivity index (χ1n) is 8.84. The van der Waals surface area contributed by atoms with E-state index in [0.29, 0.717) is 6.61 Å². The molecular formula is C18H28ClIN6O. The summed E-state index contributed by atoms with van der Waals surface area (Å²) in [6.07, 6.45) is 3.50. The molecule has 0 radical (unpaired) electrons. The van der Waals surface area contributed by atoms with Gasteiger partial charge in [-0.05, 0) is 37.1 Å². The van der Waals surface area contributed by atoms with Crippen molar-refractivity contribution in [2.45, 2.75) is 33.2 Å². The van der Waals surface area contributed by atoms with Crippen LogP contribution in [0.5, 0.6) is 5.75 Å². The molecule has 2 aromatic rings. The highest BCUT2D eigenvalue weighted by molar-refractivity contribution is 14.0. The number of hydrogen-bond acceptors (Lipinski definition) is 4. The van der Waals surface area contributed by atoms with Gasteiger partial charge in [-0.3, -0.25) is 4.99 Å². The number of hydrogen-bond donors (Lipinski definition) is 2. The van der Waals surface area contributed by atoms with Crippen LogP contribution in [0, 0.1) is 6.92 Å². The average Bonchev–Trinajstić information content (AvgIpc) is 3.09. The Morgan fingerprint density at radius 1 is 1.30 bits per heavy atom. The smallest absolute Gasteiger partial charge is 0.191 e. The second-order valence-corrected chi connectivity index (χ2v) is 6.27. The zero-order valence-electron chi connectivity index (χ0n) is 16.0. The zero-order chi connectivity index (χ0) is 18.8. The molecule has 1 aromatic heterocycles. The van der Waals surface area contributed by atoms with Gasteiger partial charge in [0, 0.05) is 38.1 Å². The lowest BCUT2D eigenvalue weighted by Gasteiger charge is -2.13. The minimum atomic E-state index is 0. The SMILES string of the molecule is CCc1nncn1CCNC(=NC)NCCCOc1ccc(Cl)cc1C.I. The van der Waals surface area contributed by atoms with Crippen molar-refractivity contribution in [1.29, 1.82) is 0 Å². The normalized spacial score (nSPS) is 11.0. The Bertz CT molecular complexity index is 722. The largest absolute Gasteiger partial charge is 0.493 e.